The number of hydrogen-bond acceptors (Lipinski definition) is 3. The molecule has 20 heavy (non-hydrogen) atoms. The van der Waals surface area contributed by atoms with Gasteiger partial charge in [0.05, 0.1) is 17.2 Å². The van der Waals surface area contributed by atoms with E-state index in [2.05, 4.69) is 4.72 Å². The van der Waals surface area contributed by atoms with E-state index in [1.54, 1.807) is 12.3 Å². The predicted molar refractivity (Wildman–Crippen MR) is 71.1 cm³/mol. The Kier molecular flexibility index (Phi) is 3.35. The van der Waals surface area contributed by atoms with Gasteiger partial charge in [0.15, 0.2) is 0 Å². The summed E-state index contributed by atoms with van der Waals surface area (Å²) in [6, 6.07) is 6.31. The molecule has 1 aromatic heterocycles. The lowest BCUT2D eigenvalue weighted by atomic mass is 9.94. The number of hydrogen-bond donors (Lipinski definition) is 1. The number of fused-ring (bicyclic) bond motifs is 1. The van der Waals surface area contributed by atoms with Crippen LogP contribution in [0.5, 0.6) is 0 Å². The maximum atomic E-state index is 12.9. The van der Waals surface area contributed by atoms with Gasteiger partial charge in [0.25, 0.3) is 0 Å². The zero-order valence-electron chi connectivity index (χ0n) is 10.7. The summed E-state index contributed by atoms with van der Waals surface area (Å²) in [7, 11) is -3.66. The summed E-state index contributed by atoms with van der Waals surface area (Å²) in [5.74, 6) is 0.377. The van der Waals surface area contributed by atoms with Gasteiger partial charge in [-0.05, 0) is 43.2 Å². The average molecular weight is 295 g/mol. The molecule has 0 fully saturated rings. The number of nitrogens with one attached hydrogen (secondary N) is 1. The number of rotatable bonds is 3. The van der Waals surface area contributed by atoms with E-state index in [0.29, 0.717) is 0 Å². The van der Waals surface area contributed by atoms with E-state index < -0.39 is 15.8 Å². The number of halogens is 1. The molecule has 0 saturated carbocycles. The van der Waals surface area contributed by atoms with E-state index in [4.69, 9.17) is 4.42 Å². The molecule has 1 aromatic carbocycles. The highest BCUT2D eigenvalue weighted by Crippen LogP contribution is 2.31. The van der Waals surface area contributed by atoms with Crippen LogP contribution in [0.1, 0.15) is 30.2 Å². The SMILES string of the molecule is O=S(=O)(NC1CCCc2occc21)c1ccc(F)cc1. The normalized spacial score (nSPS) is 18.8. The van der Waals surface area contributed by atoms with Gasteiger partial charge < -0.3 is 4.42 Å². The molecule has 1 N–H and O–H groups in total. The highest BCUT2D eigenvalue weighted by Gasteiger charge is 2.27. The third-order valence-corrected chi connectivity index (χ3v) is 4.96. The molecule has 3 rings (SSSR count). The monoisotopic (exact) mass is 295 g/mol. The van der Waals surface area contributed by atoms with Crippen LogP contribution in [0.15, 0.2) is 45.9 Å². The number of aryl methyl sites for hydroxylation is 1. The molecule has 6 heteroatoms. The Balaban J connectivity index is 1.86. The predicted octanol–water partition coefficient (Wildman–Crippen LogP) is 2.77. The molecule has 1 atom stereocenters. The van der Waals surface area contributed by atoms with Gasteiger partial charge in [-0.15, -0.1) is 0 Å². The minimum absolute atomic E-state index is 0.0644. The van der Waals surface area contributed by atoms with E-state index in [1.165, 1.54) is 12.1 Å². The van der Waals surface area contributed by atoms with Gasteiger partial charge in [-0.3, -0.25) is 0 Å². The summed E-state index contributed by atoms with van der Waals surface area (Å²) in [6.45, 7) is 0. The molecule has 2 aromatic rings. The molecule has 1 aliphatic rings. The Morgan fingerprint density at radius 2 is 1.95 bits per heavy atom. The molecule has 0 aliphatic heterocycles. The molecule has 0 amide bonds. The van der Waals surface area contributed by atoms with Crippen molar-refractivity contribution < 1.29 is 17.2 Å². The van der Waals surface area contributed by atoms with Crippen LogP contribution < -0.4 is 4.72 Å². The van der Waals surface area contributed by atoms with Gasteiger partial charge >= 0.3 is 0 Å². The molecular formula is C14H14FNO3S. The zero-order chi connectivity index (χ0) is 14.2. The molecule has 0 bridgehead atoms. The fraction of sp³-hybridized carbons (Fsp3) is 0.286. The lowest BCUT2D eigenvalue weighted by Gasteiger charge is -2.22. The topological polar surface area (TPSA) is 59.3 Å². The van der Waals surface area contributed by atoms with Crippen molar-refractivity contribution in [3.63, 3.8) is 0 Å². The van der Waals surface area contributed by atoms with Crippen molar-refractivity contribution in [2.45, 2.75) is 30.2 Å². The number of furan rings is 1. The van der Waals surface area contributed by atoms with E-state index >= 15 is 0 Å². The largest absolute Gasteiger partial charge is 0.469 e. The van der Waals surface area contributed by atoms with E-state index in [9.17, 15) is 12.8 Å². The Morgan fingerprint density at radius 1 is 1.20 bits per heavy atom. The van der Waals surface area contributed by atoms with E-state index in [1.807, 2.05) is 0 Å². The van der Waals surface area contributed by atoms with Crippen molar-refractivity contribution in [1.82, 2.24) is 4.72 Å². The van der Waals surface area contributed by atoms with Gasteiger partial charge in [0, 0.05) is 12.0 Å². The quantitative estimate of drug-likeness (QED) is 0.947. The van der Waals surface area contributed by atoms with Gasteiger partial charge in [-0.1, -0.05) is 0 Å². The summed E-state index contributed by atoms with van der Waals surface area (Å²) >= 11 is 0. The van der Waals surface area contributed by atoms with Crippen molar-refractivity contribution >= 4 is 10.0 Å². The van der Waals surface area contributed by atoms with Crippen molar-refractivity contribution in [2.24, 2.45) is 0 Å². The van der Waals surface area contributed by atoms with Crippen LogP contribution in [0, 0.1) is 5.82 Å². The van der Waals surface area contributed by atoms with E-state index in [0.717, 1.165) is 42.7 Å². The molecule has 4 nitrogen and oxygen atoms in total. The fourth-order valence-electron chi connectivity index (χ4n) is 2.48. The van der Waals surface area contributed by atoms with Crippen LogP contribution in [-0.2, 0) is 16.4 Å². The maximum Gasteiger partial charge on any atom is 0.241 e. The summed E-state index contributed by atoms with van der Waals surface area (Å²) in [5, 5.41) is 0. The first-order valence-corrected chi connectivity index (χ1v) is 7.89. The first kappa shape index (κ1) is 13.3. The summed E-state index contributed by atoms with van der Waals surface area (Å²) in [6.07, 6.45) is 4.01. The van der Waals surface area contributed by atoms with Gasteiger partial charge in [0.2, 0.25) is 10.0 Å². The number of benzene rings is 1. The van der Waals surface area contributed by atoms with Crippen molar-refractivity contribution in [3.05, 3.63) is 53.7 Å². The smallest absolute Gasteiger partial charge is 0.241 e. The Hall–Kier alpha value is -1.66. The van der Waals surface area contributed by atoms with Crippen molar-refractivity contribution in [3.8, 4) is 0 Å². The van der Waals surface area contributed by atoms with Gasteiger partial charge in [-0.2, -0.15) is 0 Å². The maximum absolute atomic E-state index is 12.9. The Morgan fingerprint density at radius 3 is 2.70 bits per heavy atom. The van der Waals surface area contributed by atoms with Crippen LogP contribution >= 0.6 is 0 Å². The molecule has 0 radical (unpaired) electrons. The number of sulfonamides is 1. The average Bonchev–Trinajstić information content (AvgIpc) is 2.88. The fourth-order valence-corrected chi connectivity index (χ4v) is 3.73. The molecule has 0 spiro atoms. The van der Waals surface area contributed by atoms with Crippen LogP contribution in [-0.4, -0.2) is 8.42 Å². The molecular weight excluding hydrogens is 281 g/mol. The first-order chi connectivity index (χ1) is 9.56. The highest BCUT2D eigenvalue weighted by atomic mass is 32.2. The van der Waals surface area contributed by atoms with Crippen LogP contribution in [0.25, 0.3) is 0 Å². The van der Waals surface area contributed by atoms with Gasteiger partial charge in [0.1, 0.15) is 11.6 Å². The standard InChI is InChI=1S/C14H14FNO3S/c15-10-4-6-11(7-5-10)20(17,18)16-13-2-1-3-14-12(13)8-9-19-14/h4-9,13,16H,1-3H2. The van der Waals surface area contributed by atoms with Crippen LogP contribution in [0.2, 0.25) is 0 Å². The third kappa shape index (κ3) is 2.48. The Labute approximate surface area is 116 Å². The molecule has 1 unspecified atom stereocenters. The summed E-state index contributed by atoms with van der Waals surface area (Å²) in [5.41, 5.74) is 0.891. The minimum atomic E-state index is -3.66. The lowest BCUT2D eigenvalue weighted by Crippen LogP contribution is -2.30. The van der Waals surface area contributed by atoms with Crippen molar-refractivity contribution in [1.29, 1.82) is 0 Å². The second-order valence-electron chi connectivity index (χ2n) is 4.82. The summed E-state index contributed by atoms with van der Waals surface area (Å²) < 4.78 is 45.4. The second-order valence-corrected chi connectivity index (χ2v) is 6.53. The van der Waals surface area contributed by atoms with Gasteiger partial charge in [-0.25, -0.2) is 17.5 Å². The third-order valence-electron chi connectivity index (χ3n) is 3.47. The van der Waals surface area contributed by atoms with Crippen molar-refractivity contribution in [2.75, 3.05) is 0 Å². The molecule has 1 aliphatic carbocycles. The van der Waals surface area contributed by atoms with Crippen LogP contribution in [0.3, 0.4) is 0 Å². The summed E-state index contributed by atoms with van der Waals surface area (Å²) in [4.78, 5) is 0.0644. The molecule has 1 heterocycles. The molecule has 0 saturated heterocycles. The highest BCUT2D eigenvalue weighted by molar-refractivity contribution is 7.89. The lowest BCUT2D eigenvalue weighted by molar-refractivity contribution is 0.438. The molecule has 106 valence electrons. The second kappa shape index (κ2) is 5.03. The Bertz CT molecular complexity index is 706. The minimum Gasteiger partial charge on any atom is -0.469 e. The zero-order valence-corrected chi connectivity index (χ0v) is 11.5. The van der Waals surface area contributed by atoms with E-state index in [-0.39, 0.29) is 10.9 Å². The first-order valence-electron chi connectivity index (χ1n) is 6.40. The van der Waals surface area contributed by atoms with Crippen LogP contribution in [0.4, 0.5) is 4.39 Å².